The molecule has 2 heterocycles. The average molecular weight is 868 g/mol. The SMILES string of the molecule is Brc1ccc(-c2cc(-c3ccc4c5cc(-c6ccccc6)ccc5n(-c5ccccc5)c4c3)cc(-c3ccc4c5cc(-c6ccccc6)ccc5n(-c5ccccc5)c4c3)c2)cc1. The Balaban J connectivity index is 1.07. The van der Waals surface area contributed by atoms with Gasteiger partial charge in [-0.25, -0.2) is 0 Å². The maximum Gasteiger partial charge on any atom is 0.0547 e. The topological polar surface area (TPSA) is 9.86 Å². The Morgan fingerprint density at radius 2 is 0.556 bits per heavy atom. The first-order valence-corrected chi connectivity index (χ1v) is 22.2. The van der Waals surface area contributed by atoms with Crippen molar-refractivity contribution in [3.8, 4) is 67.0 Å². The average Bonchev–Trinajstić information content (AvgIpc) is 3.86. The molecule has 10 aromatic carbocycles. The number of nitrogens with zero attached hydrogens (tertiary/aromatic N) is 2. The Kier molecular flexibility index (Phi) is 9.02. The molecule has 12 rings (SSSR count). The summed E-state index contributed by atoms with van der Waals surface area (Å²) in [4.78, 5) is 0. The molecule has 0 atom stereocenters. The van der Waals surface area contributed by atoms with Gasteiger partial charge in [0, 0.05) is 37.4 Å². The molecule has 0 aliphatic heterocycles. The van der Waals surface area contributed by atoms with E-state index in [1.54, 1.807) is 0 Å². The predicted octanol–water partition coefficient (Wildman–Crippen LogP) is 17.0. The molecule has 0 unspecified atom stereocenters. The van der Waals surface area contributed by atoms with Crippen molar-refractivity contribution in [1.82, 2.24) is 9.13 Å². The largest absolute Gasteiger partial charge is 0.309 e. The molecule has 0 aliphatic carbocycles. The van der Waals surface area contributed by atoms with Gasteiger partial charge in [-0.05, 0) is 147 Å². The second kappa shape index (κ2) is 15.3. The van der Waals surface area contributed by atoms with E-state index >= 15 is 0 Å². The molecule has 0 bridgehead atoms. The Morgan fingerprint density at radius 1 is 0.222 bits per heavy atom. The first kappa shape index (κ1) is 37.1. The van der Waals surface area contributed by atoms with Gasteiger partial charge in [0.25, 0.3) is 0 Å². The highest BCUT2D eigenvalue weighted by Gasteiger charge is 2.18. The normalized spacial score (nSPS) is 11.6. The van der Waals surface area contributed by atoms with Gasteiger partial charge in [-0.2, -0.15) is 0 Å². The van der Waals surface area contributed by atoms with Gasteiger partial charge in [-0.1, -0.05) is 162 Å². The maximum atomic E-state index is 3.68. The monoisotopic (exact) mass is 866 g/mol. The van der Waals surface area contributed by atoms with E-state index in [1.807, 2.05) is 0 Å². The fourth-order valence-electron chi connectivity index (χ4n) is 9.50. The third-order valence-corrected chi connectivity index (χ3v) is 13.1. The minimum absolute atomic E-state index is 1.06. The summed E-state index contributed by atoms with van der Waals surface area (Å²) in [5.41, 5.74) is 18.9. The van der Waals surface area contributed by atoms with Crippen LogP contribution >= 0.6 is 15.9 Å². The van der Waals surface area contributed by atoms with Crippen LogP contribution in [0.1, 0.15) is 0 Å². The van der Waals surface area contributed by atoms with Gasteiger partial charge >= 0.3 is 0 Å². The minimum Gasteiger partial charge on any atom is -0.309 e. The number of hydrogen-bond acceptors (Lipinski definition) is 0. The van der Waals surface area contributed by atoms with E-state index in [0.717, 1.165) is 15.8 Å². The molecule has 0 radical (unpaired) electrons. The Hall–Kier alpha value is -7.72. The van der Waals surface area contributed by atoms with E-state index in [9.17, 15) is 0 Å². The first-order chi connectivity index (χ1) is 31.1. The van der Waals surface area contributed by atoms with Gasteiger partial charge in [0.05, 0.1) is 22.1 Å². The fourth-order valence-corrected chi connectivity index (χ4v) is 9.77. The smallest absolute Gasteiger partial charge is 0.0547 e. The van der Waals surface area contributed by atoms with Crippen LogP contribution in [0.4, 0.5) is 0 Å². The van der Waals surface area contributed by atoms with Crippen LogP contribution in [-0.2, 0) is 0 Å². The highest BCUT2D eigenvalue weighted by molar-refractivity contribution is 9.10. The third-order valence-electron chi connectivity index (χ3n) is 12.6. The number of aromatic nitrogens is 2. The summed E-state index contributed by atoms with van der Waals surface area (Å²) in [6.45, 7) is 0. The van der Waals surface area contributed by atoms with Crippen molar-refractivity contribution < 1.29 is 0 Å². The van der Waals surface area contributed by atoms with Gasteiger partial charge < -0.3 is 9.13 Å². The molecule has 0 saturated heterocycles. The standard InChI is InChI=1S/C60H39BrN2/c61-50-27-21-42(22-28-50)47-33-48(45-23-29-53-55-36-43(40-13-5-1-6-14-40)25-31-57(55)62(59(53)38-45)51-17-9-3-10-18-51)35-49(34-47)46-24-30-54-56-37-44(41-15-7-2-8-16-41)26-32-58(56)63(60(54)39-46)52-19-11-4-12-20-52/h1-39H. The summed E-state index contributed by atoms with van der Waals surface area (Å²) in [5.74, 6) is 0. The van der Waals surface area contributed by atoms with Crippen LogP contribution < -0.4 is 0 Å². The van der Waals surface area contributed by atoms with E-state index in [1.165, 1.54) is 99.2 Å². The van der Waals surface area contributed by atoms with E-state index in [0.29, 0.717) is 0 Å². The lowest BCUT2D eigenvalue weighted by Crippen LogP contribution is -1.94. The van der Waals surface area contributed by atoms with Crippen molar-refractivity contribution in [2.24, 2.45) is 0 Å². The van der Waals surface area contributed by atoms with Crippen molar-refractivity contribution in [2.45, 2.75) is 0 Å². The number of benzene rings is 10. The van der Waals surface area contributed by atoms with E-state index < -0.39 is 0 Å². The van der Waals surface area contributed by atoms with Crippen molar-refractivity contribution in [2.75, 3.05) is 0 Å². The lowest BCUT2D eigenvalue weighted by atomic mass is 9.92. The van der Waals surface area contributed by atoms with Gasteiger partial charge in [-0.15, -0.1) is 0 Å². The quantitative estimate of drug-likeness (QED) is 0.151. The molecule has 0 spiro atoms. The molecule has 2 aromatic heterocycles. The Labute approximate surface area is 374 Å². The fraction of sp³-hybridized carbons (Fsp3) is 0. The minimum atomic E-state index is 1.06. The maximum absolute atomic E-state index is 3.68. The molecular formula is C60H39BrN2. The zero-order valence-corrected chi connectivity index (χ0v) is 35.9. The number of fused-ring (bicyclic) bond motifs is 6. The van der Waals surface area contributed by atoms with E-state index in [2.05, 4.69) is 262 Å². The van der Waals surface area contributed by atoms with Crippen molar-refractivity contribution in [1.29, 1.82) is 0 Å². The number of hydrogen-bond donors (Lipinski definition) is 0. The second-order valence-corrected chi connectivity index (χ2v) is 17.2. The molecule has 0 N–H and O–H groups in total. The van der Waals surface area contributed by atoms with E-state index in [4.69, 9.17) is 0 Å². The summed E-state index contributed by atoms with van der Waals surface area (Å²) in [6, 6.07) is 86.3. The molecule has 0 aliphatic rings. The summed E-state index contributed by atoms with van der Waals surface area (Å²) < 4.78 is 5.90. The van der Waals surface area contributed by atoms with Crippen LogP contribution in [0.25, 0.3) is 111 Å². The molecule has 2 nitrogen and oxygen atoms in total. The van der Waals surface area contributed by atoms with Crippen molar-refractivity contribution in [3.05, 3.63) is 241 Å². The highest BCUT2D eigenvalue weighted by atomic mass is 79.9. The number of halogens is 1. The van der Waals surface area contributed by atoms with Crippen LogP contribution in [0.3, 0.4) is 0 Å². The molecule has 296 valence electrons. The van der Waals surface area contributed by atoms with E-state index in [-0.39, 0.29) is 0 Å². The van der Waals surface area contributed by atoms with Crippen LogP contribution in [0.5, 0.6) is 0 Å². The van der Waals surface area contributed by atoms with Gasteiger partial charge in [0.15, 0.2) is 0 Å². The summed E-state index contributed by atoms with van der Waals surface area (Å²) in [5, 5.41) is 4.94. The lowest BCUT2D eigenvalue weighted by Gasteiger charge is -2.13. The molecular weight excluding hydrogens is 829 g/mol. The summed E-state index contributed by atoms with van der Waals surface area (Å²) >= 11 is 3.68. The second-order valence-electron chi connectivity index (χ2n) is 16.3. The highest BCUT2D eigenvalue weighted by Crippen LogP contribution is 2.41. The summed E-state index contributed by atoms with van der Waals surface area (Å²) in [7, 11) is 0. The van der Waals surface area contributed by atoms with Crippen LogP contribution in [0.2, 0.25) is 0 Å². The molecule has 63 heavy (non-hydrogen) atoms. The molecule has 0 fully saturated rings. The summed E-state index contributed by atoms with van der Waals surface area (Å²) in [6.07, 6.45) is 0. The zero-order chi connectivity index (χ0) is 41.9. The Bertz CT molecular complexity index is 3420. The zero-order valence-electron chi connectivity index (χ0n) is 34.3. The molecule has 0 saturated carbocycles. The van der Waals surface area contributed by atoms with Crippen LogP contribution in [-0.4, -0.2) is 9.13 Å². The van der Waals surface area contributed by atoms with Gasteiger partial charge in [-0.3, -0.25) is 0 Å². The molecule has 12 aromatic rings. The van der Waals surface area contributed by atoms with Gasteiger partial charge in [0.2, 0.25) is 0 Å². The first-order valence-electron chi connectivity index (χ1n) is 21.4. The van der Waals surface area contributed by atoms with Crippen LogP contribution in [0.15, 0.2) is 241 Å². The number of rotatable bonds is 7. The van der Waals surface area contributed by atoms with Crippen molar-refractivity contribution in [3.63, 3.8) is 0 Å². The van der Waals surface area contributed by atoms with Gasteiger partial charge in [0.1, 0.15) is 0 Å². The third kappa shape index (κ3) is 6.57. The lowest BCUT2D eigenvalue weighted by molar-refractivity contribution is 1.18. The molecule has 0 amide bonds. The molecule has 3 heteroatoms. The Morgan fingerprint density at radius 3 is 0.984 bits per heavy atom. The number of para-hydroxylation sites is 2. The van der Waals surface area contributed by atoms with Crippen LogP contribution in [0, 0.1) is 0 Å². The predicted molar refractivity (Wildman–Crippen MR) is 270 cm³/mol. The van der Waals surface area contributed by atoms with Crippen molar-refractivity contribution >= 4 is 59.5 Å².